The summed E-state index contributed by atoms with van der Waals surface area (Å²) in [5, 5.41) is 9.18. The average Bonchev–Trinajstić information content (AvgIpc) is 2.71. The summed E-state index contributed by atoms with van der Waals surface area (Å²) in [5.74, 6) is -1.20. The highest BCUT2D eigenvalue weighted by Gasteiger charge is 2.47. The van der Waals surface area contributed by atoms with Crippen molar-refractivity contribution in [1.29, 1.82) is 5.26 Å². The van der Waals surface area contributed by atoms with Gasteiger partial charge in [0.2, 0.25) is 5.91 Å². The number of nitriles is 1. The summed E-state index contributed by atoms with van der Waals surface area (Å²) in [5.41, 5.74) is 6.08. The summed E-state index contributed by atoms with van der Waals surface area (Å²) in [6.07, 6.45) is -4.71. The summed E-state index contributed by atoms with van der Waals surface area (Å²) < 4.78 is 61.4. The zero-order chi connectivity index (χ0) is 24.1. The lowest BCUT2D eigenvalue weighted by molar-refractivity contribution is -0.192. The largest absolute Gasteiger partial charge is 0.496 e. The van der Waals surface area contributed by atoms with Gasteiger partial charge in [-0.25, -0.2) is 4.39 Å². The molecule has 9 heteroatoms. The van der Waals surface area contributed by atoms with Gasteiger partial charge in [0.1, 0.15) is 17.6 Å². The van der Waals surface area contributed by atoms with Crippen LogP contribution in [0.25, 0.3) is 11.1 Å². The second-order valence-corrected chi connectivity index (χ2v) is 7.79. The Morgan fingerprint density at radius 2 is 1.81 bits per heavy atom. The SMILES string of the molecule is COc1ccc(F)cc1-c1ccc([C@H](N(CC#N)[C@@H](CC(C)C)C(N)=O)C(F)(F)F)cc1. The molecule has 0 spiro atoms. The van der Waals surface area contributed by atoms with Crippen LogP contribution in [0, 0.1) is 23.1 Å². The molecule has 1 amide bonds. The van der Waals surface area contributed by atoms with Gasteiger partial charge in [-0.2, -0.15) is 18.4 Å². The highest BCUT2D eigenvalue weighted by atomic mass is 19.4. The quantitative estimate of drug-likeness (QED) is 0.438. The predicted octanol–water partition coefficient (Wildman–Crippen LogP) is 4.83. The molecule has 0 aliphatic rings. The van der Waals surface area contributed by atoms with Gasteiger partial charge in [-0.3, -0.25) is 9.69 Å². The Labute approximate surface area is 184 Å². The minimum atomic E-state index is -4.78. The monoisotopic (exact) mass is 451 g/mol. The van der Waals surface area contributed by atoms with Crippen molar-refractivity contribution in [2.45, 2.75) is 38.5 Å². The number of nitrogens with two attached hydrogens (primary N) is 1. The van der Waals surface area contributed by atoms with E-state index >= 15 is 0 Å². The molecule has 2 atom stereocenters. The standard InChI is InChI=1S/C23H25F4N3O2/c1-14(2)12-19(22(29)31)30(11-10-28)21(23(25,26)27)16-6-4-15(5-7-16)18-13-17(24)8-9-20(18)32-3/h4-9,13-14,19,21H,11-12H2,1-3H3,(H2,29,31)/t19-,21-/m0/s1. The highest BCUT2D eigenvalue weighted by molar-refractivity contribution is 5.80. The van der Waals surface area contributed by atoms with Crippen molar-refractivity contribution in [3.63, 3.8) is 0 Å². The topological polar surface area (TPSA) is 79.3 Å². The molecule has 0 radical (unpaired) electrons. The number of hydrogen-bond donors (Lipinski definition) is 1. The van der Waals surface area contributed by atoms with Gasteiger partial charge in [-0.05, 0) is 41.7 Å². The lowest BCUT2D eigenvalue weighted by Gasteiger charge is -2.37. The highest BCUT2D eigenvalue weighted by Crippen LogP contribution is 2.40. The van der Waals surface area contributed by atoms with Crippen LogP contribution in [-0.2, 0) is 4.79 Å². The minimum absolute atomic E-state index is 0.0716. The van der Waals surface area contributed by atoms with Gasteiger partial charge < -0.3 is 10.5 Å². The molecular weight excluding hydrogens is 426 g/mol. The fourth-order valence-corrected chi connectivity index (χ4v) is 3.64. The first-order valence-electron chi connectivity index (χ1n) is 9.92. The lowest BCUT2D eigenvalue weighted by atomic mass is 9.95. The van der Waals surface area contributed by atoms with Crippen LogP contribution >= 0.6 is 0 Å². The first-order valence-corrected chi connectivity index (χ1v) is 9.92. The maximum absolute atomic E-state index is 14.2. The van der Waals surface area contributed by atoms with Crippen LogP contribution < -0.4 is 10.5 Å². The smallest absolute Gasteiger partial charge is 0.408 e. The van der Waals surface area contributed by atoms with Crippen molar-refractivity contribution in [2.75, 3.05) is 13.7 Å². The molecule has 2 rings (SSSR count). The number of hydrogen-bond acceptors (Lipinski definition) is 4. The van der Waals surface area contributed by atoms with Gasteiger partial charge in [0, 0.05) is 5.56 Å². The summed E-state index contributed by atoms with van der Waals surface area (Å²) in [4.78, 5) is 12.8. The summed E-state index contributed by atoms with van der Waals surface area (Å²) in [6, 6.07) is 7.41. The maximum atomic E-state index is 14.2. The third-order valence-corrected chi connectivity index (χ3v) is 5.02. The number of primary amides is 1. The Balaban J connectivity index is 2.54. The molecule has 0 saturated carbocycles. The number of alkyl halides is 3. The third kappa shape index (κ3) is 5.98. The molecule has 0 fully saturated rings. The molecule has 5 nitrogen and oxygen atoms in total. The number of nitrogens with zero attached hydrogens (tertiary/aromatic N) is 2. The van der Waals surface area contributed by atoms with Crippen LogP contribution in [0.15, 0.2) is 42.5 Å². The van der Waals surface area contributed by atoms with Gasteiger partial charge >= 0.3 is 6.18 Å². The van der Waals surface area contributed by atoms with Gasteiger partial charge in [-0.1, -0.05) is 38.1 Å². The Kier molecular flexibility index (Phi) is 8.22. The van der Waals surface area contributed by atoms with Crippen molar-refractivity contribution in [2.24, 2.45) is 11.7 Å². The van der Waals surface area contributed by atoms with Crippen molar-refractivity contribution in [1.82, 2.24) is 4.90 Å². The molecule has 0 heterocycles. The van der Waals surface area contributed by atoms with Gasteiger partial charge in [0.15, 0.2) is 0 Å². The van der Waals surface area contributed by atoms with Crippen molar-refractivity contribution < 1.29 is 27.1 Å². The number of halogens is 4. The number of benzene rings is 2. The molecule has 2 N–H and O–H groups in total. The fraction of sp³-hybridized carbons (Fsp3) is 0.391. The fourth-order valence-electron chi connectivity index (χ4n) is 3.64. The molecule has 0 unspecified atom stereocenters. The number of methoxy groups -OCH3 is 1. The van der Waals surface area contributed by atoms with Gasteiger partial charge in [0.05, 0.1) is 25.8 Å². The van der Waals surface area contributed by atoms with Crippen LogP contribution in [-0.4, -0.2) is 36.7 Å². The van der Waals surface area contributed by atoms with Crippen molar-refractivity contribution in [3.05, 3.63) is 53.8 Å². The van der Waals surface area contributed by atoms with E-state index in [1.807, 2.05) is 0 Å². The molecule has 172 valence electrons. The molecule has 0 aliphatic heterocycles. The molecule has 0 aromatic heterocycles. The summed E-state index contributed by atoms with van der Waals surface area (Å²) in [6.45, 7) is 2.87. The molecule has 2 aromatic rings. The van der Waals surface area contributed by atoms with Crippen LogP contribution in [0.1, 0.15) is 31.9 Å². The Hall–Kier alpha value is -3.12. The molecule has 32 heavy (non-hydrogen) atoms. The molecule has 0 bridgehead atoms. The second-order valence-electron chi connectivity index (χ2n) is 7.79. The number of carbonyl (C=O) groups excluding carboxylic acids is 1. The van der Waals surface area contributed by atoms with E-state index in [-0.39, 0.29) is 17.9 Å². The zero-order valence-electron chi connectivity index (χ0n) is 18.0. The van der Waals surface area contributed by atoms with Crippen LogP contribution in [0.4, 0.5) is 17.6 Å². The average molecular weight is 451 g/mol. The molecular formula is C23H25F4N3O2. The van der Waals surface area contributed by atoms with Crippen LogP contribution in [0.5, 0.6) is 5.75 Å². The maximum Gasteiger partial charge on any atom is 0.408 e. The van der Waals surface area contributed by atoms with Crippen LogP contribution in [0.3, 0.4) is 0 Å². The normalized spacial score (nSPS) is 13.6. The van der Waals surface area contributed by atoms with E-state index in [1.165, 1.54) is 49.6 Å². The molecule has 2 aromatic carbocycles. The Morgan fingerprint density at radius 1 is 1.19 bits per heavy atom. The van der Waals surface area contributed by atoms with Gasteiger partial charge in [0.25, 0.3) is 0 Å². The number of amides is 1. The van der Waals surface area contributed by atoms with Crippen LogP contribution in [0.2, 0.25) is 0 Å². The lowest BCUT2D eigenvalue weighted by Crippen LogP contribution is -2.51. The van der Waals surface area contributed by atoms with E-state index in [0.717, 1.165) is 4.90 Å². The van der Waals surface area contributed by atoms with E-state index in [9.17, 15) is 27.6 Å². The van der Waals surface area contributed by atoms with E-state index in [0.29, 0.717) is 16.9 Å². The van der Waals surface area contributed by atoms with E-state index in [1.54, 1.807) is 19.9 Å². The number of carbonyl (C=O) groups is 1. The van der Waals surface area contributed by atoms with E-state index in [4.69, 9.17) is 10.5 Å². The minimum Gasteiger partial charge on any atom is -0.496 e. The summed E-state index contributed by atoms with van der Waals surface area (Å²) in [7, 11) is 1.41. The predicted molar refractivity (Wildman–Crippen MR) is 112 cm³/mol. The zero-order valence-corrected chi connectivity index (χ0v) is 18.0. The van der Waals surface area contributed by atoms with E-state index in [2.05, 4.69) is 0 Å². The molecule has 0 aliphatic carbocycles. The number of rotatable bonds is 9. The first kappa shape index (κ1) is 25.1. The molecule has 0 saturated heterocycles. The summed E-state index contributed by atoms with van der Waals surface area (Å²) >= 11 is 0. The van der Waals surface area contributed by atoms with Crippen molar-refractivity contribution in [3.8, 4) is 22.9 Å². The Bertz CT molecular complexity index is 969. The first-order chi connectivity index (χ1) is 15.0. The number of ether oxygens (including phenoxy) is 1. The Morgan fingerprint density at radius 3 is 2.28 bits per heavy atom. The second kappa shape index (κ2) is 10.5. The van der Waals surface area contributed by atoms with E-state index < -0.39 is 36.5 Å². The van der Waals surface area contributed by atoms with Gasteiger partial charge in [-0.15, -0.1) is 0 Å². The van der Waals surface area contributed by atoms with Crippen molar-refractivity contribution >= 4 is 5.91 Å². The third-order valence-electron chi connectivity index (χ3n) is 5.02.